The Kier molecular flexibility index (Phi) is 6.08. The van der Waals surface area contributed by atoms with Crippen LogP contribution in [0.2, 0.25) is 0 Å². The van der Waals surface area contributed by atoms with Gasteiger partial charge in [0, 0.05) is 38.2 Å². The summed E-state index contributed by atoms with van der Waals surface area (Å²) in [5.74, 6) is 0.993. The lowest BCUT2D eigenvalue weighted by atomic mass is 9.90. The van der Waals surface area contributed by atoms with Crippen molar-refractivity contribution in [3.63, 3.8) is 0 Å². The molecule has 25 heavy (non-hydrogen) atoms. The molecule has 5 nitrogen and oxygen atoms in total. The maximum atomic E-state index is 12.5. The summed E-state index contributed by atoms with van der Waals surface area (Å²) in [6.07, 6.45) is 3.77. The van der Waals surface area contributed by atoms with Crippen LogP contribution in [0.5, 0.6) is 0 Å². The first-order valence-corrected chi connectivity index (χ1v) is 9.41. The highest BCUT2D eigenvalue weighted by Crippen LogP contribution is 2.22. The van der Waals surface area contributed by atoms with Crippen molar-refractivity contribution in [3.05, 3.63) is 35.4 Å². The third-order valence-corrected chi connectivity index (χ3v) is 5.29. The Bertz CT molecular complexity index is 585. The SMILES string of the molecule is CCC(=O)N1CCC(Cc2ccc(C(=O)N3CCOCC3)cc2)CC1. The Hall–Kier alpha value is -1.88. The molecule has 1 aromatic rings. The van der Waals surface area contributed by atoms with Crippen molar-refractivity contribution in [2.45, 2.75) is 32.6 Å². The number of hydrogen-bond donors (Lipinski definition) is 0. The first kappa shape index (κ1) is 17.9. The molecule has 0 aromatic heterocycles. The number of carbonyl (C=O) groups is 2. The van der Waals surface area contributed by atoms with Crippen molar-refractivity contribution < 1.29 is 14.3 Å². The van der Waals surface area contributed by atoms with E-state index in [0.717, 1.165) is 37.9 Å². The molecular formula is C20H28N2O3. The third-order valence-electron chi connectivity index (χ3n) is 5.29. The molecule has 0 atom stereocenters. The van der Waals surface area contributed by atoms with Crippen molar-refractivity contribution in [2.75, 3.05) is 39.4 Å². The van der Waals surface area contributed by atoms with Gasteiger partial charge in [0.15, 0.2) is 0 Å². The Morgan fingerprint density at radius 2 is 1.64 bits per heavy atom. The number of likely N-dealkylation sites (tertiary alicyclic amines) is 1. The minimum absolute atomic E-state index is 0.0984. The molecule has 0 saturated carbocycles. The summed E-state index contributed by atoms with van der Waals surface area (Å²) in [4.78, 5) is 28.1. The summed E-state index contributed by atoms with van der Waals surface area (Å²) in [6.45, 7) is 6.29. The van der Waals surface area contributed by atoms with Gasteiger partial charge in [-0.05, 0) is 42.9 Å². The van der Waals surface area contributed by atoms with E-state index < -0.39 is 0 Å². The van der Waals surface area contributed by atoms with Crippen LogP contribution in [0, 0.1) is 5.92 Å². The smallest absolute Gasteiger partial charge is 0.254 e. The number of hydrogen-bond acceptors (Lipinski definition) is 3. The summed E-state index contributed by atoms with van der Waals surface area (Å²) in [5, 5.41) is 0. The van der Waals surface area contributed by atoms with Gasteiger partial charge in [0.1, 0.15) is 0 Å². The fourth-order valence-corrected chi connectivity index (χ4v) is 3.68. The Morgan fingerprint density at radius 1 is 1.00 bits per heavy atom. The second kappa shape index (κ2) is 8.48. The Labute approximate surface area is 149 Å². The fraction of sp³-hybridized carbons (Fsp3) is 0.600. The van der Waals surface area contributed by atoms with E-state index in [0.29, 0.717) is 38.6 Å². The maximum Gasteiger partial charge on any atom is 0.254 e. The zero-order valence-electron chi connectivity index (χ0n) is 15.1. The Balaban J connectivity index is 1.51. The maximum absolute atomic E-state index is 12.5. The van der Waals surface area contributed by atoms with E-state index in [1.165, 1.54) is 5.56 Å². The normalized spacial score (nSPS) is 19.1. The third kappa shape index (κ3) is 4.60. The molecule has 0 unspecified atom stereocenters. The van der Waals surface area contributed by atoms with E-state index in [4.69, 9.17) is 4.74 Å². The molecule has 1 aromatic carbocycles. The van der Waals surface area contributed by atoms with Crippen molar-refractivity contribution in [2.24, 2.45) is 5.92 Å². The molecule has 0 aliphatic carbocycles. The van der Waals surface area contributed by atoms with Crippen LogP contribution in [0.3, 0.4) is 0 Å². The van der Waals surface area contributed by atoms with E-state index >= 15 is 0 Å². The van der Waals surface area contributed by atoms with Crippen LogP contribution in [0.1, 0.15) is 42.1 Å². The van der Waals surface area contributed by atoms with Gasteiger partial charge in [0.05, 0.1) is 13.2 Å². The molecule has 2 heterocycles. The van der Waals surface area contributed by atoms with Gasteiger partial charge in [-0.3, -0.25) is 9.59 Å². The topological polar surface area (TPSA) is 49.9 Å². The molecule has 2 amide bonds. The lowest BCUT2D eigenvalue weighted by molar-refractivity contribution is -0.132. The van der Waals surface area contributed by atoms with Gasteiger partial charge in [-0.1, -0.05) is 19.1 Å². The number of nitrogens with zero attached hydrogens (tertiary/aromatic N) is 2. The van der Waals surface area contributed by atoms with E-state index in [-0.39, 0.29) is 11.8 Å². The number of ether oxygens (including phenoxy) is 1. The molecule has 2 aliphatic rings. The second-order valence-electron chi connectivity index (χ2n) is 6.98. The van der Waals surface area contributed by atoms with Gasteiger partial charge in [0.2, 0.25) is 5.91 Å². The van der Waals surface area contributed by atoms with E-state index in [1.807, 2.05) is 28.9 Å². The quantitative estimate of drug-likeness (QED) is 0.842. The van der Waals surface area contributed by atoms with Crippen molar-refractivity contribution in [3.8, 4) is 0 Å². The number of morpholine rings is 1. The van der Waals surface area contributed by atoms with E-state index in [1.54, 1.807) is 0 Å². The second-order valence-corrected chi connectivity index (χ2v) is 6.98. The van der Waals surface area contributed by atoms with Crippen LogP contribution in [0.4, 0.5) is 0 Å². The van der Waals surface area contributed by atoms with Crippen LogP contribution in [0.25, 0.3) is 0 Å². The minimum atomic E-state index is 0.0984. The monoisotopic (exact) mass is 344 g/mol. The Morgan fingerprint density at radius 3 is 2.24 bits per heavy atom. The van der Waals surface area contributed by atoms with Crippen LogP contribution < -0.4 is 0 Å². The predicted molar refractivity (Wildman–Crippen MR) is 96.5 cm³/mol. The van der Waals surface area contributed by atoms with Crippen LogP contribution in [-0.4, -0.2) is 61.0 Å². The highest BCUT2D eigenvalue weighted by molar-refractivity contribution is 5.94. The molecule has 0 radical (unpaired) electrons. The van der Waals surface area contributed by atoms with Crippen LogP contribution in [-0.2, 0) is 16.0 Å². The highest BCUT2D eigenvalue weighted by Gasteiger charge is 2.22. The summed E-state index contributed by atoms with van der Waals surface area (Å²) in [6, 6.07) is 8.06. The largest absolute Gasteiger partial charge is 0.378 e. The number of benzene rings is 1. The molecule has 3 rings (SSSR count). The highest BCUT2D eigenvalue weighted by atomic mass is 16.5. The molecule has 5 heteroatoms. The first-order valence-electron chi connectivity index (χ1n) is 9.41. The molecule has 2 aliphatic heterocycles. The molecule has 2 fully saturated rings. The zero-order valence-corrected chi connectivity index (χ0v) is 15.1. The molecule has 0 N–H and O–H groups in total. The molecule has 0 spiro atoms. The van der Waals surface area contributed by atoms with Gasteiger partial charge in [0.25, 0.3) is 5.91 Å². The van der Waals surface area contributed by atoms with Gasteiger partial charge in [-0.15, -0.1) is 0 Å². The van der Waals surface area contributed by atoms with Gasteiger partial charge in [-0.25, -0.2) is 0 Å². The average Bonchev–Trinajstić information content (AvgIpc) is 2.68. The fourth-order valence-electron chi connectivity index (χ4n) is 3.68. The minimum Gasteiger partial charge on any atom is -0.378 e. The molecule has 0 bridgehead atoms. The number of carbonyl (C=O) groups excluding carboxylic acids is 2. The van der Waals surface area contributed by atoms with Gasteiger partial charge < -0.3 is 14.5 Å². The summed E-state index contributed by atoms with van der Waals surface area (Å²) in [5.41, 5.74) is 2.04. The van der Waals surface area contributed by atoms with E-state index in [9.17, 15) is 9.59 Å². The van der Waals surface area contributed by atoms with E-state index in [2.05, 4.69) is 12.1 Å². The number of amides is 2. The van der Waals surface area contributed by atoms with Gasteiger partial charge >= 0.3 is 0 Å². The van der Waals surface area contributed by atoms with Crippen molar-refractivity contribution in [1.82, 2.24) is 9.80 Å². The number of rotatable bonds is 4. The first-order chi connectivity index (χ1) is 12.2. The van der Waals surface area contributed by atoms with Crippen molar-refractivity contribution >= 4 is 11.8 Å². The van der Waals surface area contributed by atoms with Crippen LogP contribution in [0.15, 0.2) is 24.3 Å². The summed E-state index contributed by atoms with van der Waals surface area (Å²) >= 11 is 0. The zero-order chi connectivity index (χ0) is 17.6. The summed E-state index contributed by atoms with van der Waals surface area (Å²) < 4.78 is 5.30. The predicted octanol–water partition coefficient (Wildman–Crippen LogP) is 2.35. The molecule has 2 saturated heterocycles. The van der Waals surface area contributed by atoms with Gasteiger partial charge in [-0.2, -0.15) is 0 Å². The number of piperidine rings is 1. The molecule has 136 valence electrons. The average molecular weight is 344 g/mol. The molecular weight excluding hydrogens is 316 g/mol. The lowest BCUT2D eigenvalue weighted by Crippen LogP contribution is -2.40. The summed E-state index contributed by atoms with van der Waals surface area (Å²) in [7, 11) is 0. The van der Waals surface area contributed by atoms with Crippen LogP contribution >= 0.6 is 0 Å². The lowest BCUT2D eigenvalue weighted by Gasteiger charge is -2.32. The van der Waals surface area contributed by atoms with Crippen molar-refractivity contribution in [1.29, 1.82) is 0 Å². The standard InChI is InChI=1S/C20H28N2O3/c1-2-19(23)21-9-7-17(8-10-21)15-16-3-5-18(6-4-16)20(24)22-11-13-25-14-12-22/h3-6,17H,2,7-15H2,1H3.